The second-order valence-corrected chi connectivity index (χ2v) is 8.28. The summed E-state index contributed by atoms with van der Waals surface area (Å²) in [7, 11) is -3.68. The third-order valence-electron chi connectivity index (χ3n) is 4.54. The number of nitrogens with one attached hydrogen (secondary N) is 1. The monoisotopic (exact) mass is 358 g/mol. The number of sulfonamides is 1. The molecule has 1 heterocycles. The second-order valence-electron chi connectivity index (χ2n) is 6.39. The molecule has 0 radical (unpaired) electrons. The Morgan fingerprint density at radius 2 is 1.76 bits per heavy atom. The van der Waals surface area contributed by atoms with E-state index < -0.39 is 16.1 Å². The quantitative estimate of drug-likeness (QED) is 0.913. The van der Waals surface area contributed by atoms with Crippen molar-refractivity contribution in [2.24, 2.45) is 0 Å². The SMILES string of the molecule is Cc1ccc(S(=O)(=O)N2CCC[C@@H]2C(=O)Nc2ccccc2C)cc1. The van der Waals surface area contributed by atoms with Crippen LogP contribution in [-0.2, 0) is 14.8 Å². The molecule has 2 aromatic rings. The first-order valence-corrected chi connectivity index (χ1v) is 9.78. The standard InChI is InChI=1S/C19H22N2O3S/c1-14-9-11-16(12-10-14)25(23,24)21-13-5-8-18(21)19(22)20-17-7-4-3-6-15(17)2/h3-4,6-7,9-12,18H,5,8,13H2,1-2H3,(H,20,22)/t18-/m1/s1. The summed E-state index contributed by atoms with van der Waals surface area (Å²) in [5.74, 6) is -0.275. The first-order valence-electron chi connectivity index (χ1n) is 8.34. The molecule has 25 heavy (non-hydrogen) atoms. The molecule has 2 aromatic carbocycles. The van der Waals surface area contributed by atoms with E-state index in [1.165, 1.54) is 4.31 Å². The van der Waals surface area contributed by atoms with Gasteiger partial charge in [-0.1, -0.05) is 35.9 Å². The summed E-state index contributed by atoms with van der Waals surface area (Å²) < 4.78 is 27.2. The van der Waals surface area contributed by atoms with Gasteiger partial charge in [-0.2, -0.15) is 4.31 Å². The maximum Gasteiger partial charge on any atom is 0.243 e. The summed E-state index contributed by atoms with van der Waals surface area (Å²) in [6.45, 7) is 4.18. The molecule has 0 spiro atoms. The van der Waals surface area contributed by atoms with E-state index in [1.807, 2.05) is 38.1 Å². The molecule has 0 aliphatic carbocycles. The smallest absolute Gasteiger partial charge is 0.243 e. The van der Waals surface area contributed by atoms with Gasteiger partial charge in [-0.05, 0) is 50.5 Å². The van der Waals surface area contributed by atoms with Gasteiger partial charge in [0.25, 0.3) is 0 Å². The highest BCUT2D eigenvalue weighted by Gasteiger charge is 2.39. The molecule has 3 rings (SSSR count). The Kier molecular flexibility index (Phi) is 4.92. The molecule has 1 amide bonds. The van der Waals surface area contributed by atoms with Crippen LogP contribution in [-0.4, -0.2) is 31.2 Å². The lowest BCUT2D eigenvalue weighted by molar-refractivity contribution is -0.119. The van der Waals surface area contributed by atoms with E-state index in [4.69, 9.17) is 0 Å². The van der Waals surface area contributed by atoms with Crippen LogP contribution in [0.4, 0.5) is 5.69 Å². The molecule has 132 valence electrons. The van der Waals surface area contributed by atoms with E-state index in [2.05, 4.69) is 5.32 Å². The van der Waals surface area contributed by atoms with E-state index in [9.17, 15) is 13.2 Å². The third-order valence-corrected chi connectivity index (χ3v) is 6.46. The van der Waals surface area contributed by atoms with Gasteiger partial charge in [-0.15, -0.1) is 0 Å². The lowest BCUT2D eigenvalue weighted by Crippen LogP contribution is -2.43. The number of carbonyl (C=O) groups is 1. The Balaban J connectivity index is 1.83. The van der Waals surface area contributed by atoms with Crippen LogP contribution in [0.5, 0.6) is 0 Å². The topological polar surface area (TPSA) is 66.5 Å². The Morgan fingerprint density at radius 3 is 2.44 bits per heavy atom. The fourth-order valence-electron chi connectivity index (χ4n) is 3.06. The van der Waals surface area contributed by atoms with Crippen LogP contribution in [0, 0.1) is 13.8 Å². The van der Waals surface area contributed by atoms with Gasteiger partial charge in [0.05, 0.1) is 4.90 Å². The fraction of sp³-hybridized carbons (Fsp3) is 0.316. The fourth-order valence-corrected chi connectivity index (χ4v) is 4.72. The van der Waals surface area contributed by atoms with Crippen molar-refractivity contribution >= 4 is 21.6 Å². The van der Waals surface area contributed by atoms with Crippen LogP contribution in [0.2, 0.25) is 0 Å². The summed E-state index contributed by atoms with van der Waals surface area (Å²) in [6.07, 6.45) is 1.21. The lowest BCUT2D eigenvalue weighted by Gasteiger charge is -2.23. The minimum Gasteiger partial charge on any atom is -0.324 e. The van der Waals surface area contributed by atoms with Crippen molar-refractivity contribution in [3.05, 3.63) is 59.7 Å². The van der Waals surface area contributed by atoms with Gasteiger partial charge < -0.3 is 5.32 Å². The van der Waals surface area contributed by atoms with Crippen LogP contribution in [0.15, 0.2) is 53.4 Å². The third kappa shape index (κ3) is 3.60. The zero-order chi connectivity index (χ0) is 18.0. The van der Waals surface area contributed by atoms with Crippen LogP contribution < -0.4 is 5.32 Å². The lowest BCUT2D eigenvalue weighted by atomic mass is 10.1. The van der Waals surface area contributed by atoms with E-state index in [0.29, 0.717) is 25.1 Å². The average Bonchev–Trinajstić information content (AvgIpc) is 3.08. The molecule has 0 bridgehead atoms. The number of hydrogen-bond acceptors (Lipinski definition) is 3. The summed E-state index contributed by atoms with van der Waals surface area (Å²) in [5.41, 5.74) is 2.66. The number of rotatable bonds is 4. The Hall–Kier alpha value is -2.18. The van der Waals surface area contributed by atoms with Gasteiger partial charge in [0.2, 0.25) is 15.9 Å². The van der Waals surface area contributed by atoms with Crippen LogP contribution in [0.25, 0.3) is 0 Å². The Morgan fingerprint density at radius 1 is 1.08 bits per heavy atom. The van der Waals surface area contributed by atoms with Crippen LogP contribution >= 0.6 is 0 Å². The minimum atomic E-state index is -3.68. The molecule has 1 fully saturated rings. The van der Waals surface area contributed by atoms with Gasteiger partial charge in [-0.25, -0.2) is 8.42 Å². The number of amides is 1. The number of benzene rings is 2. The van der Waals surface area contributed by atoms with Crippen LogP contribution in [0.3, 0.4) is 0 Å². The number of anilines is 1. The van der Waals surface area contributed by atoms with Gasteiger partial charge >= 0.3 is 0 Å². The van der Waals surface area contributed by atoms with E-state index in [0.717, 1.165) is 11.1 Å². The second kappa shape index (κ2) is 6.98. The predicted octanol–water partition coefficient (Wildman–Crippen LogP) is 3.10. The van der Waals surface area contributed by atoms with Crippen molar-refractivity contribution in [3.8, 4) is 0 Å². The summed E-state index contributed by atoms with van der Waals surface area (Å²) in [5, 5.41) is 2.87. The summed E-state index contributed by atoms with van der Waals surface area (Å²) in [4.78, 5) is 12.9. The van der Waals surface area contributed by atoms with Gasteiger partial charge in [0.1, 0.15) is 6.04 Å². The normalized spacial score (nSPS) is 18.2. The Bertz CT molecular complexity index is 876. The van der Waals surface area contributed by atoms with Gasteiger partial charge in [0, 0.05) is 12.2 Å². The van der Waals surface area contributed by atoms with Gasteiger partial charge in [0.15, 0.2) is 0 Å². The molecule has 1 aliphatic rings. The molecule has 1 atom stereocenters. The van der Waals surface area contributed by atoms with Crippen molar-refractivity contribution in [2.45, 2.75) is 37.6 Å². The van der Waals surface area contributed by atoms with Crippen molar-refractivity contribution in [2.75, 3.05) is 11.9 Å². The van der Waals surface area contributed by atoms with Crippen molar-refractivity contribution in [3.63, 3.8) is 0 Å². The predicted molar refractivity (Wildman–Crippen MR) is 97.9 cm³/mol. The zero-order valence-corrected chi connectivity index (χ0v) is 15.2. The van der Waals surface area contributed by atoms with Crippen molar-refractivity contribution < 1.29 is 13.2 Å². The first kappa shape index (κ1) is 17.6. The van der Waals surface area contributed by atoms with E-state index >= 15 is 0 Å². The molecule has 0 unspecified atom stereocenters. The minimum absolute atomic E-state index is 0.230. The molecule has 0 saturated carbocycles. The van der Waals surface area contributed by atoms with Gasteiger partial charge in [-0.3, -0.25) is 4.79 Å². The maximum absolute atomic E-state index is 12.9. The maximum atomic E-state index is 12.9. The van der Waals surface area contributed by atoms with Crippen molar-refractivity contribution in [1.29, 1.82) is 0 Å². The summed E-state index contributed by atoms with van der Waals surface area (Å²) in [6, 6.07) is 13.5. The molecule has 5 nitrogen and oxygen atoms in total. The average molecular weight is 358 g/mol. The number of aryl methyl sites for hydroxylation is 2. The summed E-state index contributed by atoms with van der Waals surface area (Å²) >= 11 is 0. The molecule has 6 heteroatoms. The Labute approximate surface area is 148 Å². The largest absolute Gasteiger partial charge is 0.324 e. The van der Waals surface area contributed by atoms with E-state index in [-0.39, 0.29) is 10.8 Å². The number of carbonyl (C=O) groups excluding carboxylic acids is 1. The molecular weight excluding hydrogens is 336 g/mol. The first-order chi connectivity index (χ1) is 11.9. The molecule has 1 aliphatic heterocycles. The van der Waals surface area contributed by atoms with Crippen LogP contribution in [0.1, 0.15) is 24.0 Å². The molecule has 1 saturated heterocycles. The highest BCUT2D eigenvalue weighted by molar-refractivity contribution is 7.89. The highest BCUT2D eigenvalue weighted by Crippen LogP contribution is 2.27. The number of para-hydroxylation sites is 1. The van der Waals surface area contributed by atoms with Crippen molar-refractivity contribution in [1.82, 2.24) is 4.31 Å². The van der Waals surface area contributed by atoms with E-state index in [1.54, 1.807) is 24.3 Å². The number of hydrogen-bond donors (Lipinski definition) is 1. The zero-order valence-electron chi connectivity index (χ0n) is 14.4. The number of nitrogens with zero attached hydrogens (tertiary/aromatic N) is 1. The molecule has 0 aromatic heterocycles. The molecular formula is C19H22N2O3S. The molecule has 1 N–H and O–H groups in total. The highest BCUT2D eigenvalue weighted by atomic mass is 32.2.